The zero-order valence-electron chi connectivity index (χ0n) is 21.0. The van der Waals surface area contributed by atoms with Gasteiger partial charge in [0.2, 0.25) is 5.91 Å². The van der Waals surface area contributed by atoms with Crippen LogP contribution in [0.1, 0.15) is 50.8 Å². The van der Waals surface area contributed by atoms with Crippen molar-refractivity contribution in [1.29, 1.82) is 0 Å². The van der Waals surface area contributed by atoms with E-state index < -0.39 is 36.0 Å². The molecule has 0 aromatic heterocycles. The second kappa shape index (κ2) is 10.4. The number of hydrogen-bond acceptors (Lipinski definition) is 4. The summed E-state index contributed by atoms with van der Waals surface area (Å²) in [6, 6.07) is 8.24. The molecule has 2 aromatic carbocycles. The van der Waals surface area contributed by atoms with Gasteiger partial charge in [-0.25, -0.2) is 9.18 Å². The molecule has 2 heterocycles. The number of anilines is 1. The van der Waals surface area contributed by atoms with E-state index in [2.05, 4.69) is 31.4 Å². The summed E-state index contributed by atoms with van der Waals surface area (Å²) in [7, 11) is 0. The van der Waals surface area contributed by atoms with Gasteiger partial charge in [-0.2, -0.15) is 0 Å². The minimum Gasteiger partial charge on any atom is -0.394 e. The molecule has 2 aliphatic heterocycles. The smallest absolute Gasteiger partial charge is 0.317 e. The van der Waals surface area contributed by atoms with E-state index in [1.165, 1.54) is 11.0 Å². The number of urea groups is 1. The minimum absolute atomic E-state index is 0.0944. The van der Waals surface area contributed by atoms with Crippen LogP contribution in [0.2, 0.25) is 10.0 Å². The van der Waals surface area contributed by atoms with Crippen LogP contribution < -0.4 is 10.6 Å². The summed E-state index contributed by atoms with van der Waals surface area (Å²) >= 11 is 12.4. The number of carbonyl (C=O) groups excluding carboxylic acids is 2. The highest BCUT2D eigenvalue weighted by molar-refractivity contribution is 6.31. The molecule has 0 aliphatic carbocycles. The predicted octanol–water partition coefficient (Wildman–Crippen LogP) is 4.88. The second-order valence-corrected chi connectivity index (χ2v) is 11.9. The molecule has 3 amide bonds. The van der Waals surface area contributed by atoms with Crippen molar-refractivity contribution in [3.05, 3.63) is 63.4 Å². The molecule has 1 fully saturated rings. The molecule has 0 saturated carbocycles. The third-order valence-corrected chi connectivity index (χ3v) is 7.74. The quantitative estimate of drug-likeness (QED) is 0.410. The number of likely N-dealkylation sites (tertiary alicyclic amines) is 1. The topological polar surface area (TPSA) is 102 Å². The maximum atomic E-state index is 15.7. The number of hydrogen-bond donors (Lipinski definition) is 4. The molecule has 200 valence electrons. The van der Waals surface area contributed by atoms with Crippen molar-refractivity contribution in [3.63, 3.8) is 0 Å². The first-order valence-electron chi connectivity index (χ1n) is 12.3. The van der Waals surface area contributed by atoms with E-state index in [1.54, 1.807) is 30.3 Å². The molecule has 2 aromatic rings. The Hall–Kier alpha value is -2.39. The van der Waals surface area contributed by atoms with E-state index in [-0.39, 0.29) is 47.3 Å². The van der Waals surface area contributed by atoms with Gasteiger partial charge in [-0.05, 0) is 47.9 Å². The molecule has 2 aliphatic rings. The first-order valence-corrected chi connectivity index (χ1v) is 13.0. The zero-order chi connectivity index (χ0) is 27.1. The number of aliphatic hydroxyl groups is 2. The molecule has 10 heteroatoms. The monoisotopic (exact) mass is 551 g/mol. The van der Waals surface area contributed by atoms with Crippen molar-refractivity contribution in [2.45, 2.75) is 51.2 Å². The molecule has 0 unspecified atom stereocenters. The summed E-state index contributed by atoms with van der Waals surface area (Å²) in [6.07, 6.45) is -0.254. The number of amides is 3. The molecule has 1 saturated heterocycles. The van der Waals surface area contributed by atoms with Crippen molar-refractivity contribution < 1.29 is 24.2 Å². The molecular formula is C27H32Cl2FN3O4. The highest BCUT2D eigenvalue weighted by Crippen LogP contribution is 2.60. The maximum absolute atomic E-state index is 15.7. The number of nitrogens with one attached hydrogen (secondary N) is 2. The lowest BCUT2D eigenvalue weighted by Gasteiger charge is -2.38. The molecule has 0 radical (unpaired) electrons. The lowest BCUT2D eigenvalue weighted by molar-refractivity contribution is -0.123. The van der Waals surface area contributed by atoms with Crippen LogP contribution in [0.15, 0.2) is 36.4 Å². The first kappa shape index (κ1) is 27.6. The van der Waals surface area contributed by atoms with Gasteiger partial charge in [0.25, 0.3) is 0 Å². The van der Waals surface area contributed by atoms with Gasteiger partial charge in [-0.1, -0.05) is 62.2 Å². The Kier molecular flexibility index (Phi) is 7.77. The molecular weight excluding hydrogens is 520 g/mol. The van der Waals surface area contributed by atoms with Gasteiger partial charge in [0.15, 0.2) is 0 Å². The number of nitrogens with zero attached hydrogens (tertiary/aromatic N) is 1. The Morgan fingerprint density at radius 1 is 1.30 bits per heavy atom. The Morgan fingerprint density at radius 3 is 2.70 bits per heavy atom. The fraction of sp³-hybridized carbons (Fsp3) is 0.481. The minimum atomic E-state index is -1.29. The van der Waals surface area contributed by atoms with Crippen molar-refractivity contribution in [1.82, 2.24) is 10.2 Å². The predicted molar refractivity (Wildman–Crippen MR) is 141 cm³/mol. The summed E-state index contributed by atoms with van der Waals surface area (Å²) in [5.74, 6) is -1.37. The Balaban J connectivity index is 1.90. The maximum Gasteiger partial charge on any atom is 0.317 e. The molecule has 4 N–H and O–H groups in total. The average molecular weight is 552 g/mol. The second-order valence-electron chi connectivity index (χ2n) is 11.0. The third kappa shape index (κ3) is 5.04. The van der Waals surface area contributed by atoms with Crippen LogP contribution in [-0.4, -0.2) is 52.9 Å². The van der Waals surface area contributed by atoms with E-state index in [1.807, 2.05) is 0 Å². The fourth-order valence-corrected chi connectivity index (χ4v) is 6.16. The van der Waals surface area contributed by atoms with Crippen molar-refractivity contribution in [2.75, 3.05) is 25.0 Å². The van der Waals surface area contributed by atoms with E-state index in [9.17, 15) is 14.7 Å². The van der Waals surface area contributed by atoms with Crippen LogP contribution in [0.4, 0.5) is 14.9 Å². The van der Waals surface area contributed by atoms with Gasteiger partial charge in [-0.3, -0.25) is 4.79 Å². The van der Waals surface area contributed by atoms with E-state index in [0.29, 0.717) is 22.7 Å². The van der Waals surface area contributed by atoms with Gasteiger partial charge in [0.1, 0.15) is 11.2 Å². The van der Waals surface area contributed by atoms with Gasteiger partial charge in [-0.15, -0.1) is 0 Å². The number of carbonyl (C=O) groups is 2. The Bertz CT molecular complexity index is 1200. The molecule has 7 nitrogen and oxygen atoms in total. The molecule has 4 atom stereocenters. The van der Waals surface area contributed by atoms with Crippen LogP contribution >= 0.6 is 23.2 Å². The van der Waals surface area contributed by atoms with E-state index in [4.69, 9.17) is 28.3 Å². The zero-order valence-corrected chi connectivity index (χ0v) is 22.5. The summed E-state index contributed by atoms with van der Waals surface area (Å²) in [5, 5.41) is 24.9. The highest BCUT2D eigenvalue weighted by Gasteiger charge is 2.65. The van der Waals surface area contributed by atoms with E-state index in [0.717, 1.165) is 0 Å². The van der Waals surface area contributed by atoms with Crippen molar-refractivity contribution in [2.24, 2.45) is 11.3 Å². The van der Waals surface area contributed by atoms with Crippen LogP contribution in [0.3, 0.4) is 0 Å². The first-order chi connectivity index (χ1) is 17.4. The summed E-state index contributed by atoms with van der Waals surface area (Å²) in [5.41, 5.74) is -0.153. The third-order valence-electron chi connectivity index (χ3n) is 7.22. The lowest BCUT2D eigenvalue weighted by atomic mass is 9.63. The summed E-state index contributed by atoms with van der Waals surface area (Å²) < 4.78 is 15.7. The number of rotatable bonds is 6. The highest BCUT2D eigenvalue weighted by atomic mass is 35.5. The Labute approximate surface area is 225 Å². The van der Waals surface area contributed by atoms with E-state index >= 15 is 4.39 Å². The van der Waals surface area contributed by atoms with Crippen LogP contribution in [0.25, 0.3) is 0 Å². The van der Waals surface area contributed by atoms with Gasteiger partial charge < -0.3 is 25.7 Å². The molecule has 0 bridgehead atoms. The van der Waals surface area contributed by atoms with Gasteiger partial charge in [0, 0.05) is 29.4 Å². The van der Waals surface area contributed by atoms with Crippen molar-refractivity contribution >= 4 is 40.8 Å². The summed E-state index contributed by atoms with van der Waals surface area (Å²) in [6.45, 7) is 6.04. The number of fused-ring (bicyclic) bond motifs is 2. The Morgan fingerprint density at radius 2 is 2.03 bits per heavy atom. The fourth-order valence-electron chi connectivity index (χ4n) is 5.81. The average Bonchev–Trinajstić information content (AvgIpc) is 3.29. The SMILES string of the molecule is CC(C)(C)C[C@H]1CN(C(=O)NCC[C@H](O)CO)[C@@H](c2cccc(Cl)c2F)[C@@]12C(=O)Nc1cc(Cl)ccc12. The molecule has 4 rings (SSSR count). The van der Waals surface area contributed by atoms with Gasteiger partial charge >= 0.3 is 6.03 Å². The summed E-state index contributed by atoms with van der Waals surface area (Å²) in [4.78, 5) is 29.1. The van der Waals surface area contributed by atoms with Crippen LogP contribution in [0, 0.1) is 17.2 Å². The lowest BCUT2D eigenvalue weighted by Crippen LogP contribution is -2.48. The molecule has 37 heavy (non-hydrogen) atoms. The number of aliphatic hydroxyl groups excluding tert-OH is 2. The number of halogens is 3. The van der Waals surface area contributed by atoms with Crippen LogP contribution in [-0.2, 0) is 10.2 Å². The molecule has 1 spiro atoms. The largest absolute Gasteiger partial charge is 0.394 e. The number of benzene rings is 2. The van der Waals surface area contributed by atoms with Crippen LogP contribution in [0.5, 0.6) is 0 Å². The van der Waals surface area contributed by atoms with Crippen molar-refractivity contribution in [3.8, 4) is 0 Å². The normalized spacial score (nSPS) is 23.8. The van der Waals surface area contributed by atoms with Gasteiger partial charge in [0.05, 0.1) is 23.8 Å². The standard InChI is InChI=1S/C27H32Cl2FN3O4/c1-26(2,3)12-15-13-33(25(37)31-10-9-17(35)14-34)23(18-5-4-6-20(29)22(18)30)27(15)19-8-7-16(28)11-21(19)32-24(27)36/h4-8,11,15,17,23,34-35H,9-10,12-14H2,1-3H3,(H,31,37)(H,32,36)/t15-,17-,23-,27+/m0/s1.